The second-order valence-electron chi connectivity index (χ2n) is 7.58. The van der Waals surface area contributed by atoms with Crippen molar-refractivity contribution in [2.75, 3.05) is 13.9 Å². The summed E-state index contributed by atoms with van der Waals surface area (Å²) in [5.41, 5.74) is 3.45. The maximum absolute atomic E-state index is 12.0. The van der Waals surface area contributed by atoms with Crippen molar-refractivity contribution in [2.24, 2.45) is 5.41 Å². The van der Waals surface area contributed by atoms with Crippen LogP contribution < -0.4 is 9.47 Å². The minimum atomic E-state index is -0.596. The van der Waals surface area contributed by atoms with Crippen LogP contribution in [0.3, 0.4) is 0 Å². The van der Waals surface area contributed by atoms with E-state index < -0.39 is 5.41 Å². The molecule has 0 N–H and O–H groups in total. The van der Waals surface area contributed by atoms with E-state index in [1.165, 1.54) is 17.3 Å². The van der Waals surface area contributed by atoms with Crippen LogP contribution in [0.1, 0.15) is 50.1 Å². The Bertz CT molecular complexity index is 845. The maximum Gasteiger partial charge on any atom is 0.314 e. The molecular weight excluding hydrogens is 390 g/mol. The lowest BCUT2D eigenvalue weighted by atomic mass is 9.98. The van der Waals surface area contributed by atoms with Crippen molar-refractivity contribution in [3.63, 3.8) is 0 Å². The molecule has 0 spiro atoms. The van der Waals surface area contributed by atoms with Crippen molar-refractivity contribution >= 4 is 17.7 Å². The largest absolute Gasteiger partial charge is 0.481 e. The lowest BCUT2D eigenvalue weighted by molar-refractivity contribution is -0.159. The molecule has 0 amide bonds. The molecule has 0 radical (unpaired) electrons. The fraction of sp³-hybridized carbons (Fsp3) is 0.524. The Hall–Kier alpha value is -2.35. The molecule has 0 aliphatic carbocycles. The molecule has 0 aliphatic rings. The fourth-order valence-corrected chi connectivity index (χ4v) is 3.52. The van der Waals surface area contributed by atoms with Gasteiger partial charge in [-0.25, -0.2) is 0 Å². The van der Waals surface area contributed by atoms with Crippen LogP contribution in [0.25, 0.3) is 0 Å². The van der Waals surface area contributed by atoms with Gasteiger partial charge in [-0.3, -0.25) is 9.78 Å². The summed E-state index contributed by atoms with van der Waals surface area (Å²) in [4.78, 5) is 25.3. The summed E-state index contributed by atoms with van der Waals surface area (Å²) < 4.78 is 16.3. The first-order valence-corrected chi connectivity index (χ1v) is 10.4. The summed E-state index contributed by atoms with van der Waals surface area (Å²) in [6.07, 6.45) is 2.43. The number of methoxy groups -OCH3 is 1. The topological polar surface area (TPSA) is 83.4 Å². The Morgan fingerprint density at radius 1 is 1.14 bits per heavy atom. The molecule has 29 heavy (non-hydrogen) atoms. The zero-order valence-corrected chi connectivity index (χ0v) is 19.0. The summed E-state index contributed by atoms with van der Waals surface area (Å²) in [6.45, 7) is 11.2. The van der Waals surface area contributed by atoms with Gasteiger partial charge in [0.1, 0.15) is 0 Å². The summed E-state index contributed by atoms with van der Waals surface area (Å²) in [5, 5.41) is 0.527. The van der Waals surface area contributed by atoms with Gasteiger partial charge < -0.3 is 14.2 Å². The van der Waals surface area contributed by atoms with Crippen LogP contribution in [-0.4, -0.2) is 34.8 Å². The van der Waals surface area contributed by atoms with E-state index in [0.29, 0.717) is 29.1 Å². The van der Waals surface area contributed by atoms with Gasteiger partial charge in [-0.15, -0.1) is 0 Å². The molecule has 0 atom stereocenters. The van der Waals surface area contributed by atoms with Crippen LogP contribution in [0.2, 0.25) is 0 Å². The molecule has 0 fully saturated rings. The van der Waals surface area contributed by atoms with Gasteiger partial charge in [0, 0.05) is 17.6 Å². The average molecular weight is 420 g/mol. The third-order valence-corrected chi connectivity index (χ3v) is 5.18. The highest BCUT2D eigenvalue weighted by Gasteiger charge is 2.23. The molecule has 0 saturated heterocycles. The first kappa shape index (κ1) is 22.9. The number of esters is 1. The van der Waals surface area contributed by atoms with Crippen LogP contribution in [0.15, 0.2) is 17.4 Å². The van der Waals surface area contributed by atoms with E-state index >= 15 is 0 Å². The molecule has 2 aromatic heterocycles. The molecule has 0 unspecified atom stereocenters. The van der Waals surface area contributed by atoms with Gasteiger partial charge in [0.05, 0.1) is 18.1 Å². The number of thioether (sulfide) groups is 1. The third-order valence-electron chi connectivity index (χ3n) is 4.31. The molecule has 2 heterocycles. The Morgan fingerprint density at radius 3 is 2.41 bits per heavy atom. The zero-order valence-electron chi connectivity index (χ0n) is 18.2. The van der Waals surface area contributed by atoms with E-state index in [4.69, 9.17) is 14.2 Å². The molecular formula is C21H29N3O4S. The van der Waals surface area contributed by atoms with Crippen LogP contribution in [-0.2, 0) is 21.7 Å². The Labute approximate surface area is 176 Å². The fourth-order valence-electron chi connectivity index (χ4n) is 2.52. The van der Waals surface area contributed by atoms with E-state index in [-0.39, 0.29) is 12.8 Å². The number of aryl methyl sites for hydroxylation is 2. The summed E-state index contributed by atoms with van der Waals surface area (Å²) >= 11 is 1.48. The quantitative estimate of drug-likeness (QED) is 0.271. The average Bonchev–Trinajstić information content (AvgIpc) is 2.66. The smallest absolute Gasteiger partial charge is 0.314 e. The minimum Gasteiger partial charge on any atom is -0.481 e. The number of hydrogen-bond acceptors (Lipinski definition) is 8. The van der Waals surface area contributed by atoms with Crippen LogP contribution in [0.5, 0.6) is 11.8 Å². The highest BCUT2D eigenvalue weighted by molar-refractivity contribution is 7.98. The van der Waals surface area contributed by atoms with Gasteiger partial charge in [0.2, 0.25) is 18.6 Å². The van der Waals surface area contributed by atoms with E-state index in [1.54, 1.807) is 34.1 Å². The van der Waals surface area contributed by atoms with Gasteiger partial charge in [-0.1, -0.05) is 18.7 Å². The molecule has 7 nitrogen and oxygen atoms in total. The molecule has 2 rings (SSSR count). The Kier molecular flexibility index (Phi) is 7.84. The first-order chi connectivity index (χ1) is 13.7. The number of aromatic nitrogens is 3. The number of carbonyl (C=O) groups excluding carboxylic acids is 1. The van der Waals surface area contributed by atoms with E-state index in [9.17, 15) is 4.79 Å². The lowest BCUT2D eigenvalue weighted by Crippen LogP contribution is -2.25. The van der Waals surface area contributed by atoms with E-state index in [2.05, 4.69) is 21.9 Å². The number of pyridine rings is 1. The predicted molar refractivity (Wildman–Crippen MR) is 112 cm³/mol. The van der Waals surface area contributed by atoms with Crippen molar-refractivity contribution in [2.45, 2.75) is 58.9 Å². The van der Waals surface area contributed by atoms with Crippen LogP contribution in [0.4, 0.5) is 0 Å². The van der Waals surface area contributed by atoms with Crippen molar-refractivity contribution in [3.8, 4) is 11.8 Å². The second-order valence-corrected chi connectivity index (χ2v) is 8.52. The minimum absolute atomic E-state index is 0.214. The SMILES string of the molecule is CCc1c(OC)nc(SCc2c(C)ccnc2C)nc1OCOC(=O)C(C)(C)C. The molecule has 0 bridgehead atoms. The van der Waals surface area contributed by atoms with Crippen molar-refractivity contribution in [3.05, 3.63) is 34.6 Å². The van der Waals surface area contributed by atoms with Gasteiger partial charge in [0.25, 0.3) is 0 Å². The molecule has 158 valence electrons. The van der Waals surface area contributed by atoms with Gasteiger partial charge in [-0.05, 0) is 58.2 Å². The van der Waals surface area contributed by atoms with E-state index in [1.807, 2.05) is 19.9 Å². The maximum atomic E-state index is 12.0. The summed E-state index contributed by atoms with van der Waals surface area (Å²) in [7, 11) is 1.56. The Morgan fingerprint density at radius 2 is 1.83 bits per heavy atom. The second kappa shape index (κ2) is 9.91. The summed E-state index contributed by atoms with van der Waals surface area (Å²) in [6, 6.07) is 1.99. The lowest BCUT2D eigenvalue weighted by Gasteiger charge is -2.18. The van der Waals surface area contributed by atoms with Gasteiger partial charge in [0.15, 0.2) is 5.16 Å². The standard InChI is InChI=1S/C21H29N3O4S/c1-8-15-17(26-7)23-20(29-11-16-13(2)9-10-22-14(16)3)24-18(15)27-12-28-19(25)21(4,5)6/h9-10H,8,11-12H2,1-7H3. The van der Waals surface area contributed by atoms with Gasteiger partial charge in [-0.2, -0.15) is 9.97 Å². The molecule has 0 saturated carbocycles. The molecule has 8 heteroatoms. The first-order valence-electron chi connectivity index (χ1n) is 9.46. The molecule has 0 aromatic carbocycles. The number of carbonyl (C=O) groups is 1. The summed E-state index contributed by atoms with van der Waals surface area (Å²) in [5.74, 6) is 1.16. The van der Waals surface area contributed by atoms with Crippen LogP contribution >= 0.6 is 11.8 Å². The highest BCUT2D eigenvalue weighted by Crippen LogP contribution is 2.31. The molecule has 0 aliphatic heterocycles. The van der Waals surface area contributed by atoms with Crippen molar-refractivity contribution < 1.29 is 19.0 Å². The third kappa shape index (κ3) is 6.06. The normalized spacial score (nSPS) is 11.3. The number of rotatable bonds is 8. The Balaban J connectivity index is 2.19. The number of nitrogens with zero attached hydrogens (tertiary/aromatic N) is 3. The zero-order chi connectivity index (χ0) is 21.6. The highest BCUT2D eigenvalue weighted by atomic mass is 32.2. The van der Waals surface area contributed by atoms with Gasteiger partial charge >= 0.3 is 5.97 Å². The monoisotopic (exact) mass is 419 g/mol. The van der Waals surface area contributed by atoms with Crippen molar-refractivity contribution in [1.82, 2.24) is 15.0 Å². The van der Waals surface area contributed by atoms with Crippen LogP contribution in [0, 0.1) is 19.3 Å². The number of hydrogen-bond donors (Lipinski definition) is 0. The predicted octanol–water partition coefficient (Wildman–Crippen LogP) is 4.28. The van der Waals surface area contributed by atoms with Crippen molar-refractivity contribution in [1.29, 1.82) is 0 Å². The van der Waals surface area contributed by atoms with E-state index in [0.717, 1.165) is 16.8 Å². The number of ether oxygens (including phenoxy) is 3. The molecule has 2 aromatic rings.